The van der Waals surface area contributed by atoms with Crippen LogP contribution in [0.1, 0.15) is 16.1 Å². The maximum absolute atomic E-state index is 12.4. The standard InChI is InChI=1S/C19H19N5OS/c25-18(16-8-12-2-6-20-9-17(12)26-16)21-7-3-13-14-10-24(11-15(13)14)19-22-4-1-5-23-19/h1-2,4-6,8-9,13-15H,3,7,10-11H2,(H,21,25)/t13-,14-,15+. The van der Waals surface area contributed by atoms with Crippen molar-refractivity contribution in [1.82, 2.24) is 20.3 Å². The summed E-state index contributed by atoms with van der Waals surface area (Å²) >= 11 is 1.50. The van der Waals surface area contributed by atoms with Gasteiger partial charge in [0.05, 0.1) is 9.58 Å². The molecule has 0 radical (unpaired) electrons. The zero-order valence-electron chi connectivity index (χ0n) is 14.2. The van der Waals surface area contributed by atoms with E-state index in [2.05, 4.69) is 25.2 Å². The number of carbonyl (C=O) groups is 1. The molecule has 1 saturated carbocycles. The number of amides is 1. The molecule has 1 amide bonds. The number of aromatic nitrogens is 3. The van der Waals surface area contributed by atoms with Gasteiger partial charge in [0.25, 0.3) is 5.91 Å². The van der Waals surface area contributed by atoms with Crippen molar-refractivity contribution < 1.29 is 4.79 Å². The highest BCUT2D eigenvalue weighted by Crippen LogP contribution is 2.53. The van der Waals surface area contributed by atoms with Crippen molar-refractivity contribution in [3.8, 4) is 0 Å². The molecule has 6 nitrogen and oxygen atoms in total. The fourth-order valence-electron chi connectivity index (χ4n) is 4.13. The summed E-state index contributed by atoms with van der Waals surface area (Å²) < 4.78 is 1.05. The summed E-state index contributed by atoms with van der Waals surface area (Å²) in [5, 5.41) is 4.16. The topological polar surface area (TPSA) is 71.0 Å². The molecule has 2 fully saturated rings. The lowest BCUT2D eigenvalue weighted by atomic mass is 10.2. The van der Waals surface area contributed by atoms with Gasteiger partial charge in [-0.25, -0.2) is 9.97 Å². The average molecular weight is 365 g/mol. The molecule has 1 N–H and O–H groups in total. The highest BCUT2D eigenvalue weighted by Gasteiger charge is 2.55. The molecule has 0 bridgehead atoms. The summed E-state index contributed by atoms with van der Waals surface area (Å²) in [6, 6.07) is 5.73. The van der Waals surface area contributed by atoms with Gasteiger partial charge in [0.2, 0.25) is 5.95 Å². The minimum atomic E-state index is 0.0244. The lowest BCUT2D eigenvalue weighted by Crippen LogP contribution is -2.28. The van der Waals surface area contributed by atoms with E-state index in [-0.39, 0.29) is 5.91 Å². The molecule has 7 heteroatoms. The Balaban J connectivity index is 1.11. The minimum absolute atomic E-state index is 0.0244. The van der Waals surface area contributed by atoms with Gasteiger partial charge in [0, 0.05) is 44.4 Å². The van der Waals surface area contributed by atoms with Gasteiger partial charge in [-0.2, -0.15) is 0 Å². The van der Waals surface area contributed by atoms with Gasteiger partial charge in [-0.3, -0.25) is 9.78 Å². The molecule has 5 rings (SSSR count). The highest BCUT2D eigenvalue weighted by molar-refractivity contribution is 7.20. The van der Waals surface area contributed by atoms with E-state index in [1.165, 1.54) is 11.3 Å². The van der Waals surface area contributed by atoms with E-state index >= 15 is 0 Å². The van der Waals surface area contributed by atoms with Gasteiger partial charge in [0.15, 0.2) is 0 Å². The third-order valence-corrected chi connectivity index (χ3v) is 6.60. The maximum Gasteiger partial charge on any atom is 0.261 e. The third-order valence-electron chi connectivity index (χ3n) is 5.52. The molecular weight excluding hydrogens is 346 g/mol. The van der Waals surface area contributed by atoms with Crippen molar-refractivity contribution in [1.29, 1.82) is 0 Å². The number of carbonyl (C=O) groups excluding carboxylic acids is 1. The summed E-state index contributed by atoms with van der Waals surface area (Å²) in [5.74, 6) is 3.04. The minimum Gasteiger partial charge on any atom is -0.351 e. The van der Waals surface area contributed by atoms with E-state index < -0.39 is 0 Å². The molecule has 0 spiro atoms. The molecule has 26 heavy (non-hydrogen) atoms. The smallest absolute Gasteiger partial charge is 0.261 e. The number of thiophene rings is 1. The number of anilines is 1. The van der Waals surface area contributed by atoms with Crippen LogP contribution in [0, 0.1) is 17.8 Å². The Bertz CT molecular complexity index is 898. The molecule has 1 aliphatic heterocycles. The van der Waals surface area contributed by atoms with Crippen molar-refractivity contribution in [2.24, 2.45) is 17.8 Å². The predicted molar refractivity (Wildman–Crippen MR) is 101 cm³/mol. The van der Waals surface area contributed by atoms with Crippen LogP contribution in [-0.4, -0.2) is 40.5 Å². The number of hydrogen-bond donors (Lipinski definition) is 1. The second kappa shape index (κ2) is 6.32. The van der Waals surface area contributed by atoms with Crippen molar-refractivity contribution in [3.05, 3.63) is 47.9 Å². The number of pyridine rings is 1. The monoisotopic (exact) mass is 365 g/mol. The zero-order chi connectivity index (χ0) is 17.5. The number of hydrogen-bond acceptors (Lipinski definition) is 6. The van der Waals surface area contributed by atoms with Crippen LogP contribution in [0.4, 0.5) is 5.95 Å². The van der Waals surface area contributed by atoms with Crippen molar-refractivity contribution in [2.45, 2.75) is 6.42 Å². The average Bonchev–Trinajstić information content (AvgIpc) is 3.07. The van der Waals surface area contributed by atoms with Crippen LogP contribution < -0.4 is 10.2 Å². The molecule has 4 heterocycles. The number of rotatable bonds is 5. The summed E-state index contributed by atoms with van der Waals surface area (Å²) in [6.45, 7) is 2.82. The summed E-state index contributed by atoms with van der Waals surface area (Å²) in [6.07, 6.45) is 8.21. The van der Waals surface area contributed by atoms with Crippen LogP contribution in [0.3, 0.4) is 0 Å². The first-order valence-electron chi connectivity index (χ1n) is 8.93. The van der Waals surface area contributed by atoms with Crippen LogP contribution in [0.2, 0.25) is 0 Å². The van der Waals surface area contributed by atoms with E-state index in [1.54, 1.807) is 18.6 Å². The van der Waals surface area contributed by atoms with E-state index in [0.29, 0.717) is 0 Å². The van der Waals surface area contributed by atoms with Gasteiger partial charge in [0.1, 0.15) is 0 Å². The predicted octanol–water partition coefficient (Wildman–Crippen LogP) is 2.59. The molecule has 0 unspecified atom stereocenters. The Hall–Kier alpha value is -2.54. The molecule has 132 valence electrons. The molecule has 1 saturated heterocycles. The van der Waals surface area contributed by atoms with E-state index in [1.807, 2.05) is 24.4 Å². The lowest BCUT2D eigenvalue weighted by Gasteiger charge is -2.19. The van der Waals surface area contributed by atoms with Crippen LogP contribution >= 0.6 is 11.3 Å². The quantitative estimate of drug-likeness (QED) is 0.752. The Morgan fingerprint density at radius 3 is 2.81 bits per heavy atom. The van der Waals surface area contributed by atoms with Crippen molar-refractivity contribution in [2.75, 3.05) is 24.5 Å². The van der Waals surface area contributed by atoms with Crippen LogP contribution in [0.15, 0.2) is 43.0 Å². The van der Waals surface area contributed by atoms with E-state index in [0.717, 1.165) is 64.7 Å². The number of nitrogens with zero attached hydrogens (tertiary/aromatic N) is 4. The van der Waals surface area contributed by atoms with Gasteiger partial charge in [-0.1, -0.05) is 0 Å². The van der Waals surface area contributed by atoms with Crippen LogP contribution in [-0.2, 0) is 0 Å². The first-order chi connectivity index (χ1) is 12.8. The second-order valence-electron chi connectivity index (χ2n) is 7.01. The number of nitrogens with one attached hydrogen (secondary N) is 1. The highest BCUT2D eigenvalue weighted by atomic mass is 32.1. The summed E-state index contributed by atoms with van der Waals surface area (Å²) in [5.41, 5.74) is 0. The molecule has 3 atom stereocenters. The maximum atomic E-state index is 12.4. The normalized spacial score (nSPS) is 23.8. The number of fused-ring (bicyclic) bond motifs is 2. The molecule has 0 aromatic carbocycles. The lowest BCUT2D eigenvalue weighted by molar-refractivity contribution is 0.0956. The molecule has 1 aliphatic carbocycles. The van der Waals surface area contributed by atoms with Crippen LogP contribution in [0.5, 0.6) is 0 Å². The molecule has 3 aromatic heterocycles. The van der Waals surface area contributed by atoms with Gasteiger partial charge >= 0.3 is 0 Å². The Kier molecular flexibility index (Phi) is 3.81. The summed E-state index contributed by atoms with van der Waals surface area (Å²) in [4.78, 5) is 28.2. The largest absolute Gasteiger partial charge is 0.351 e. The van der Waals surface area contributed by atoms with Gasteiger partial charge < -0.3 is 10.2 Å². The number of piperidine rings is 1. The Morgan fingerprint density at radius 1 is 1.23 bits per heavy atom. The first-order valence-corrected chi connectivity index (χ1v) is 9.75. The molecule has 3 aromatic rings. The van der Waals surface area contributed by atoms with Crippen LogP contribution in [0.25, 0.3) is 10.1 Å². The fourth-order valence-corrected chi connectivity index (χ4v) is 5.08. The Morgan fingerprint density at radius 2 is 2.04 bits per heavy atom. The van der Waals surface area contributed by atoms with Gasteiger partial charge in [-0.15, -0.1) is 11.3 Å². The third kappa shape index (κ3) is 2.82. The van der Waals surface area contributed by atoms with E-state index in [9.17, 15) is 4.79 Å². The zero-order valence-corrected chi connectivity index (χ0v) is 15.0. The summed E-state index contributed by atoms with van der Waals surface area (Å²) in [7, 11) is 0. The van der Waals surface area contributed by atoms with Crippen molar-refractivity contribution in [3.63, 3.8) is 0 Å². The van der Waals surface area contributed by atoms with Gasteiger partial charge in [-0.05, 0) is 47.8 Å². The fraction of sp³-hybridized carbons (Fsp3) is 0.368. The van der Waals surface area contributed by atoms with Crippen molar-refractivity contribution >= 4 is 33.3 Å². The second-order valence-corrected chi connectivity index (χ2v) is 8.10. The first kappa shape index (κ1) is 15.7. The SMILES string of the molecule is O=C(NCC[C@@H]1[C@H]2CN(c3ncccn3)C[C@@H]12)c1cc2ccncc2s1. The Labute approximate surface area is 155 Å². The molecular formula is C19H19N5OS. The van der Waals surface area contributed by atoms with E-state index in [4.69, 9.17) is 0 Å². The molecule has 2 aliphatic rings.